The summed E-state index contributed by atoms with van der Waals surface area (Å²) < 4.78 is 28.4. The quantitative estimate of drug-likeness (QED) is 0.445. The highest BCUT2D eigenvalue weighted by molar-refractivity contribution is 7.89. The lowest BCUT2D eigenvalue weighted by Gasteiger charge is -2.26. The summed E-state index contributed by atoms with van der Waals surface area (Å²) in [6.45, 7) is 2.75. The molecule has 4 rings (SSSR count). The number of amides is 1. The minimum Gasteiger partial charge on any atom is -0.321 e. The second-order valence-corrected chi connectivity index (χ2v) is 10.5. The van der Waals surface area contributed by atoms with Crippen LogP contribution in [0.3, 0.4) is 0 Å². The number of anilines is 1. The summed E-state index contributed by atoms with van der Waals surface area (Å²) in [6, 6.07) is 10.9. The van der Waals surface area contributed by atoms with Crippen LogP contribution in [-0.2, 0) is 10.0 Å². The number of thiophene rings is 1. The van der Waals surface area contributed by atoms with Crippen molar-refractivity contribution in [3.8, 4) is 0 Å². The largest absolute Gasteiger partial charge is 0.321 e. The van der Waals surface area contributed by atoms with Gasteiger partial charge in [0.05, 0.1) is 14.7 Å². The van der Waals surface area contributed by atoms with Gasteiger partial charge < -0.3 is 5.32 Å². The number of fused-ring (bicyclic) bond motifs is 1. The Morgan fingerprint density at radius 3 is 2.55 bits per heavy atom. The molecule has 1 fully saturated rings. The molecule has 1 aromatic heterocycles. The van der Waals surface area contributed by atoms with E-state index in [0.717, 1.165) is 24.0 Å². The zero-order valence-electron chi connectivity index (χ0n) is 16.8. The van der Waals surface area contributed by atoms with Crippen molar-refractivity contribution >= 4 is 48.7 Å². The fourth-order valence-electron chi connectivity index (χ4n) is 3.65. The number of benzene rings is 2. The maximum atomic E-state index is 13.1. The number of non-ortho nitro benzene ring substituents is 1. The molecule has 31 heavy (non-hydrogen) atoms. The van der Waals surface area contributed by atoms with E-state index in [1.165, 1.54) is 33.8 Å². The second-order valence-electron chi connectivity index (χ2n) is 7.49. The molecule has 0 bridgehead atoms. The van der Waals surface area contributed by atoms with Crippen LogP contribution in [0.1, 0.15) is 34.5 Å². The Bertz CT molecular complexity index is 1280. The zero-order valence-corrected chi connectivity index (χ0v) is 18.5. The van der Waals surface area contributed by atoms with Crippen LogP contribution < -0.4 is 5.32 Å². The van der Waals surface area contributed by atoms with E-state index < -0.39 is 20.9 Å². The number of hydrogen-bond donors (Lipinski definition) is 1. The lowest BCUT2D eigenvalue weighted by Crippen LogP contribution is -2.36. The van der Waals surface area contributed by atoms with Gasteiger partial charge in [0.2, 0.25) is 10.0 Å². The molecule has 162 valence electrons. The second kappa shape index (κ2) is 8.37. The number of sulfonamides is 1. The molecule has 1 aliphatic rings. The third kappa shape index (κ3) is 4.32. The first kappa shape index (κ1) is 21.4. The van der Waals surface area contributed by atoms with E-state index in [-0.39, 0.29) is 10.6 Å². The van der Waals surface area contributed by atoms with Gasteiger partial charge in [-0.25, -0.2) is 8.42 Å². The number of piperidine rings is 1. The molecule has 0 aliphatic carbocycles. The first-order chi connectivity index (χ1) is 14.8. The zero-order chi connectivity index (χ0) is 22.2. The van der Waals surface area contributed by atoms with E-state index in [0.29, 0.717) is 34.6 Å². The predicted molar refractivity (Wildman–Crippen MR) is 120 cm³/mol. The summed E-state index contributed by atoms with van der Waals surface area (Å²) in [5, 5.41) is 14.3. The van der Waals surface area contributed by atoms with Crippen LogP contribution in [0.4, 0.5) is 11.4 Å². The number of nitrogens with one attached hydrogen (secondary N) is 1. The SMILES string of the molecule is Cc1ccc(NC(=O)c2cc3cc([N+](=O)[O-])ccc3s2)cc1S(=O)(=O)N1CCCCC1. The summed E-state index contributed by atoms with van der Waals surface area (Å²) in [7, 11) is -3.63. The number of hydrogen-bond acceptors (Lipinski definition) is 6. The van der Waals surface area contributed by atoms with E-state index in [1.807, 2.05) is 0 Å². The van der Waals surface area contributed by atoms with Gasteiger partial charge in [0.25, 0.3) is 11.6 Å². The molecule has 0 saturated carbocycles. The number of nitrogens with zero attached hydrogens (tertiary/aromatic N) is 2. The number of aryl methyl sites for hydroxylation is 1. The lowest BCUT2D eigenvalue weighted by molar-refractivity contribution is -0.384. The van der Waals surface area contributed by atoms with E-state index in [2.05, 4.69) is 5.32 Å². The summed E-state index contributed by atoms with van der Waals surface area (Å²) in [5.41, 5.74) is 0.968. The van der Waals surface area contributed by atoms with E-state index in [9.17, 15) is 23.3 Å². The van der Waals surface area contributed by atoms with Crippen molar-refractivity contribution < 1.29 is 18.1 Å². The lowest BCUT2D eigenvalue weighted by atomic mass is 10.2. The smallest absolute Gasteiger partial charge is 0.270 e. The minimum absolute atomic E-state index is 0.0386. The molecule has 3 aromatic rings. The molecule has 1 N–H and O–H groups in total. The average molecular weight is 460 g/mol. The molecule has 1 saturated heterocycles. The van der Waals surface area contributed by atoms with Crippen LogP contribution in [-0.4, -0.2) is 36.6 Å². The fourth-order valence-corrected chi connectivity index (χ4v) is 6.36. The van der Waals surface area contributed by atoms with Gasteiger partial charge in [-0.2, -0.15) is 4.31 Å². The number of nitro groups is 1. The average Bonchev–Trinajstić information content (AvgIpc) is 3.19. The van der Waals surface area contributed by atoms with E-state index in [4.69, 9.17) is 0 Å². The molecule has 10 heteroatoms. The Morgan fingerprint density at radius 1 is 1.10 bits per heavy atom. The molecular formula is C21H21N3O5S2. The first-order valence-electron chi connectivity index (χ1n) is 9.86. The van der Waals surface area contributed by atoms with Crippen LogP contribution in [0.15, 0.2) is 47.4 Å². The van der Waals surface area contributed by atoms with Gasteiger partial charge in [0.1, 0.15) is 0 Å². The molecule has 0 spiro atoms. The summed E-state index contributed by atoms with van der Waals surface area (Å²) >= 11 is 1.22. The van der Waals surface area contributed by atoms with Crippen molar-refractivity contribution in [3.05, 3.63) is 63.0 Å². The van der Waals surface area contributed by atoms with Gasteiger partial charge in [-0.1, -0.05) is 12.5 Å². The van der Waals surface area contributed by atoms with Crippen LogP contribution in [0.2, 0.25) is 0 Å². The maximum absolute atomic E-state index is 13.1. The molecular weight excluding hydrogens is 438 g/mol. The minimum atomic E-state index is -3.63. The highest BCUT2D eigenvalue weighted by Gasteiger charge is 2.27. The van der Waals surface area contributed by atoms with Crippen LogP contribution in [0.25, 0.3) is 10.1 Å². The highest BCUT2D eigenvalue weighted by atomic mass is 32.2. The van der Waals surface area contributed by atoms with Crippen molar-refractivity contribution in [1.29, 1.82) is 0 Å². The maximum Gasteiger partial charge on any atom is 0.270 e. The summed E-state index contributed by atoms with van der Waals surface area (Å²) in [4.78, 5) is 23.8. The van der Waals surface area contributed by atoms with Crippen LogP contribution in [0, 0.1) is 17.0 Å². The van der Waals surface area contributed by atoms with Crippen LogP contribution in [0.5, 0.6) is 0 Å². The molecule has 1 amide bonds. The molecule has 0 atom stereocenters. The Labute approximate surface area is 183 Å². The van der Waals surface area contributed by atoms with E-state index in [1.54, 1.807) is 31.2 Å². The highest BCUT2D eigenvalue weighted by Crippen LogP contribution is 2.30. The van der Waals surface area contributed by atoms with Crippen molar-refractivity contribution in [1.82, 2.24) is 4.31 Å². The third-order valence-corrected chi connectivity index (χ3v) is 8.47. The standard InChI is InChI=1S/C21H21N3O5S2/c1-14-5-6-16(13-20(14)31(28,29)23-9-3-2-4-10-23)22-21(25)19-12-15-11-17(24(26)27)7-8-18(15)30-19/h5-8,11-13H,2-4,9-10H2,1H3,(H,22,25). The van der Waals surface area contributed by atoms with Crippen molar-refractivity contribution in [2.45, 2.75) is 31.1 Å². The number of nitro benzene ring substituents is 1. The Balaban J connectivity index is 1.59. The van der Waals surface area contributed by atoms with Gasteiger partial charge in [0.15, 0.2) is 0 Å². The Kier molecular flexibility index (Phi) is 5.78. The number of rotatable bonds is 5. The Morgan fingerprint density at radius 2 is 1.84 bits per heavy atom. The van der Waals surface area contributed by atoms with Crippen molar-refractivity contribution in [2.75, 3.05) is 18.4 Å². The van der Waals surface area contributed by atoms with Gasteiger partial charge >= 0.3 is 0 Å². The monoisotopic (exact) mass is 459 g/mol. The topological polar surface area (TPSA) is 110 Å². The molecule has 0 radical (unpaired) electrons. The number of carbonyl (C=O) groups excluding carboxylic acids is 1. The molecule has 8 nitrogen and oxygen atoms in total. The van der Waals surface area contributed by atoms with Gasteiger partial charge in [-0.3, -0.25) is 14.9 Å². The first-order valence-corrected chi connectivity index (χ1v) is 12.1. The van der Waals surface area contributed by atoms with Crippen molar-refractivity contribution in [3.63, 3.8) is 0 Å². The van der Waals surface area contributed by atoms with Gasteiger partial charge in [-0.15, -0.1) is 11.3 Å². The van der Waals surface area contributed by atoms with Gasteiger partial charge in [-0.05, 0) is 49.6 Å². The third-order valence-electron chi connectivity index (χ3n) is 5.31. The molecule has 2 aromatic carbocycles. The molecule has 0 unspecified atom stereocenters. The molecule has 2 heterocycles. The molecule has 1 aliphatic heterocycles. The van der Waals surface area contributed by atoms with Gasteiger partial charge in [0, 0.05) is 41.0 Å². The van der Waals surface area contributed by atoms with E-state index >= 15 is 0 Å². The summed E-state index contributed by atoms with van der Waals surface area (Å²) in [5.74, 6) is -0.394. The number of carbonyl (C=O) groups is 1. The summed E-state index contributed by atoms with van der Waals surface area (Å²) in [6.07, 6.45) is 2.72. The predicted octanol–water partition coefficient (Wildman–Crippen LogP) is 4.54. The Hall–Kier alpha value is -2.82. The fraction of sp³-hybridized carbons (Fsp3) is 0.286. The van der Waals surface area contributed by atoms with Crippen LogP contribution >= 0.6 is 11.3 Å². The van der Waals surface area contributed by atoms with Crippen molar-refractivity contribution in [2.24, 2.45) is 0 Å². The normalized spacial score (nSPS) is 15.1.